The summed E-state index contributed by atoms with van der Waals surface area (Å²) in [7, 11) is 0. The Morgan fingerprint density at radius 2 is 1.93 bits per heavy atom. The fourth-order valence-corrected chi connectivity index (χ4v) is 1.48. The van der Waals surface area contributed by atoms with Crippen molar-refractivity contribution in [1.29, 1.82) is 0 Å². The van der Waals surface area contributed by atoms with Gasteiger partial charge in [-0.3, -0.25) is 0 Å². The first-order chi connectivity index (χ1) is 6.43. The van der Waals surface area contributed by atoms with Gasteiger partial charge in [0, 0.05) is 16.6 Å². The maximum atomic E-state index is 9.67. The Morgan fingerprint density at radius 1 is 1.36 bits per heavy atom. The lowest BCUT2D eigenvalue weighted by Crippen LogP contribution is -2.16. The first kappa shape index (κ1) is 11.3. The molecule has 0 radical (unpaired) electrons. The predicted molar refractivity (Wildman–Crippen MR) is 59.6 cm³/mol. The van der Waals surface area contributed by atoms with Crippen molar-refractivity contribution >= 4 is 11.6 Å². The Labute approximate surface area is 89.7 Å². The molecule has 0 aliphatic rings. The van der Waals surface area contributed by atoms with E-state index in [0.717, 1.165) is 11.1 Å². The van der Waals surface area contributed by atoms with Crippen LogP contribution in [0.15, 0.2) is 12.1 Å². The van der Waals surface area contributed by atoms with E-state index in [1.54, 1.807) is 6.07 Å². The van der Waals surface area contributed by atoms with Gasteiger partial charge in [0.1, 0.15) is 5.75 Å². The van der Waals surface area contributed by atoms with Crippen LogP contribution >= 0.6 is 11.6 Å². The number of nitrogens with two attached hydrogens (primary N) is 1. The number of rotatable bonds is 2. The van der Waals surface area contributed by atoms with Crippen LogP contribution in [0.5, 0.6) is 5.75 Å². The molecule has 1 aromatic carbocycles. The number of phenols is 1. The van der Waals surface area contributed by atoms with E-state index in [4.69, 9.17) is 17.3 Å². The van der Waals surface area contributed by atoms with E-state index in [2.05, 4.69) is 0 Å². The molecular formula is C11H16ClNO. The van der Waals surface area contributed by atoms with Gasteiger partial charge in [0.25, 0.3) is 0 Å². The molecule has 0 aromatic heterocycles. The molecule has 0 saturated carbocycles. The predicted octanol–water partition coefficient (Wildman–Crippen LogP) is 3.01. The number of hydrogen-bond acceptors (Lipinski definition) is 2. The zero-order chi connectivity index (χ0) is 10.9. The third-order valence-electron chi connectivity index (χ3n) is 2.39. The maximum Gasteiger partial charge on any atom is 0.121 e. The van der Waals surface area contributed by atoms with Crippen LogP contribution in [0.3, 0.4) is 0 Å². The number of hydrogen-bond donors (Lipinski definition) is 2. The molecule has 1 rings (SSSR count). The molecule has 0 heterocycles. The largest absolute Gasteiger partial charge is 0.508 e. The maximum absolute atomic E-state index is 9.67. The minimum absolute atomic E-state index is 0.147. The summed E-state index contributed by atoms with van der Waals surface area (Å²) in [5.41, 5.74) is 7.66. The summed E-state index contributed by atoms with van der Waals surface area (Å²) < 4.78 is 0. The highest BCUT2D eigenvalue weighted by molar-refractivity contribution is 6.31. The highest BCUT2D eigenvalue weighted by atomic mass is 35.5. The summed E-state index contributed by atoms with van der Waals surface area (Å²) in [6.45, 7) is 5.94. The molecule has 0 spiro atoms. The minimum Gasteiger partial charge on any atom is -0.508 e. The summed E-state index contributed by atoms with van der Waals surface area (Å²) in [5.74, 6) is 0.475. The van der Waals surface area contributed by atoms with Crippen LogP contribution in [0.1, 0.15) is 31.0 Å². The van der Waals surface area contributed by atoms with Gasteiger partial charge >= 0.3 is 0 Å². The van der Waals surface area contributed by atoms with Crippen molar-refractivity contribution in [3.05, 3.63) is 28.3 Å². The average Bonchev–Trinajstić information content (AvgIpc) is 2.10. The van der Waals surface area contributed by atoms with Crippen molar-refractivity contribution in [2.24, 2.45) is 11.7 Å². The molecule has 1 aromatic rings. The molecule has 0 amide bonds. The molecule has 0 saturated heterocycles. The van der Waals surface area contributed by atoms with Gasteiger partial charge in [-0.1, -0.05) is 25.4 Å². The van der Waals surface area contributed by atoms with E-state index in [-0.39, 0.29) is 11.8 Å². The quantitative estimate of drug-likeness (QED) is 0.794. The van der Waals surface area contributed by atoms with Crippen molar-refractivity contribution in [3.8, 4) is 5.75 Å². The molecular weight excluding hydrogens is 198 g/mol. The van der Waals surface area contributed by atoms with Crippen molar-refractivity contribution in [3.63, 3.8) is 0 Å². The van der Waals surface area contributed by atoms with Crippen LogP contribution < -0.4 is 5.73 Å². The van der Waals surface area contributed by atoms with Crippen LogP contribution in [0.2, 0.25) is 5.02 Å². The molecule has 0 bridgehead atoms. The van der Waals surface area contributed by atoms with Gasteiger partial charge in [0.2, 0.25) is 0 Å². The highest BCUT2D eigenvalue weighted by Crippen LogP contribution is 2.31. The van der Waals surface area contributed by atoms with Gasteiger partial charge < -0.3 is 10.8 Å². The average molecular weight is 214 g/mol. The Hall–Kier alpha value is -0.730. The van der Waals surface area contributed by atoms with Crippen LogP contribution in [0.25, 0.3) is 0 Å². The van der Waals surface area contributed by atoms with Crippen LogP contribution in [-0.2, 0) is 0 Å². The smallest absolute Gasteiger partial charge is 0.121 e. The third-order valence-corrected chi connectivity index (χ3v) is 2.79. The fourth-order valence-electron chi connectivity index (χ4n) is 1.32. The van der Waals surface area contributed by atoms with E-state index < -0.39 is 0 Å². The monoisotopic (exact) mass is 213 g/mol. The van der Waals surface area contributed by atoms with Gasteiger partial charge in [-0.05, 0) is 30.5 Å². The van der Waals surface area contributed by atoms with E-state index in [0.29, 0.717) is 10.9 Å². The SMILES string of the molecule is Cc1cc([C@H](N)C(C)C)c(O)cc1Cl. The van der Waals surface area contributed by atoms with Gasteiger partial charge in [-0.2, -0.15) is 0 Å². The van der Waals surface area contributed by atoms with Gasteiger partial charge in [-0.25, -0.2) is 0 Å². The van der Waals surface area contributed by atoms with Gasteiger partial charge in [-0.15, -0.1) is 0 Å². The summed E-state index contributed by atoms with van der Waals surface area (Å²) in [6, 6.07) is 3.25. The first-order valence-electron chi connectivity index (χ1n) is 4.68. The zero-order valence-corrected chi connectivity index (χ0v) is 9.47. The third kappa shape index (κ3) is 2.20. The Bertz CT molecular complexity index is 336. The normalized spacial score (nSPS) is 13.3. The number of aryl methyl sites for hydroxylation is 1. The number of benzene rings is 1. The van der Waals surface area contributed by atoms with Gasteiger partial charge in [0.15, 0.2) is 0 Å². The molecule has 2 nitrogen and oxygen atoms in total. The van der Waals surface area contributed by atoms with Crippen LogP contribution in [0, 0.1) is 12.8 Å². The van der Waals surface area contributed by atoms with Crippen LogP contribution in [0.4, 0.5) is 0 Å². The fraction of sp³-hybridized carbons (Fsp3) is 0.455. The molecule has 0 unspecified atom stereocenters. The lowest BCUT2D eigenvalue weighted by molar-refractivity contribution is 0.439. The lowest BCUT2D eigenvalue weighted by Gasteiger charge is -2.18. The second-order valence-electron chi connectivity index (χ2n) is 3.93. The van der Waals surface area contributed by atoms with Crippen molar-refractivity contribution in [2.75, 3.05) is 0 Å². The zero-order valence-electron chi connectivity index (χ0n) is 8.71. The second kappa shape index (κ2) is 4.20. The molecule has 14 heavy (non-hydrogen) atoms. The molecule has 0 aliphatic heterocycles. The van der Waals surface area contributed by atoms with Crippen molar-refractivity contribution in [2.45, 2.75) is 26.8 Å². The number of halogens is 1. The summed E-state index contributed by atoms with van der Waals surface area (Å²) in [5, 5.41) is 10.2. The molecule has 3 N–H and O–H groups in total. The summed E-state index contributed by atoms with van der Waals surface area (Å²) in [4.78, 5) is 0. The standard InChI is InChI=1S/C11H16ClNO/c1-6(2)11(13)8-4-7(3)9(12)5-10(8)14/h4-6,11,14H,13H2,1-3H3/t11-/m1/s1. The number of aromatic hydroxyl groups is 1. The first-order valence-corrected chi connectivity index (χ1v) is 5.06. The molecule has 1 atom stereocenters. The van der Waals surface area contributed by atoms with E-state index in [1.807, 2.05) is 26.8 Å². The second-order valence-corrected chi connectivity index (χ2v) is 4.34. The lowest BCUT2D eigenvalue weighted by atomic mass is 9.95. The Kier molecular flexibility index (Phi) is 3.40. The van der Waals surface area contributed by atoms with Crippen molar-refractivity contribution in [1.82, 2.24) is 0 Å². The molecule has 0 aliphatic carbocycles. The number of phenolic OH excluding ortho intramolecular Hbond substituents is 1. The topological polar surface area (TPSA) is 46.2 Å². The minimum atomic E-state index is -0.147. The summed E-state index contributed by atoms with van der Waals surface area (Å²) in [6.07, 6.45) is 0. The van der Waals surface area contributed by atoms with E-state index in [9.17, 15) is 5.11 Å². The summed E-state index contributed by atoms with van der Waals surface area (Å²) >= 11 is 5.87. The van der Waals surface area contributed by atoms with Gasteiger partial charge in [0.05, 0.1) is 0 Å². The Morgan fingerprint density at radius 3 is 2.43 bits per heavy atom. The van der Waals surface area contributed by atoms with E-state index in [1.165, 1.54) is 0 Å². The Balaban J connectivity index is 3.15. The van der Waals surface area contributed by atoms with Crippen LogP contribution in [-0.4, -0.2) is 5.11 Å². The van der Waals surface area contributed by atoms with Crippen molar-refractivity contribution < 1.29 is 5.11 Å². The molecule has 0 fully saturated rings. The highest BCUT2D eigenvalue weighted by Gasteiger charge is 2.15. The molecule has 3 heteroatoms. The molecule has 78 valence electrons. The van der Waals surface area contributed by atoms with E-state index >= 15 is 0 Å².